The van der Waals surface area contributed by atoms with Crippen LogP contribution in [0.2, 0.25) is 0 Å². The zero-order valence-electron chi connectivity index (χ0n) is 14.1. The van der Waals surface area contributed by atoms with E-state index in [-0.39, 0.29) is 18.3 Å². The van der Waals surface area contributed by atoms with Crippen LogP contribution < -0.4 is 5.32 Å². The predicted molar refractivity (Wildman–Crippen MR) is 93.7 cm³/mol. The van der Waals surface area contributed by atoms with Gasteiger partial charge < -0.3 is 20.4 Å². The average molecular weight is 328 g/mol. The van der Waals surface area contributed by atoms with Gasteiger partial charge in [0.15, 0.2) is 0 Å². The van der Waals surface area contributed by atoms with Gasteiger partial charge in [0.05, 0.1) is 12.6 Å². The molecule has 0 spiro atoms. The number of hydrogen-bond acceptors (Lipinski definition) is 3. The van der Waals surface area contributed by atoms with Crippen LogP contribution in [-0.4, -0.2) is 34.2 Å². The van der Waals surface area contributed by atoms with Gasteiger partial charge in [-0.05, 0) is 37.1 Å². The SMILES string of the molecule is CCN(CC(O)c1ccc(C)cc1)C(=O)NCc1ccc(O)cc1. The van der Waals surface area contributed by atoms with E-state index >= 15 is 0 Å². The molecule has 0 saturated heterocycles. The maximum absolute atomic E-state index is 12.3. The number of phenolic OH excluding ortho intramolecular Hbond substituents is 1. The van der Waals surface area contributed by atoms with Gasteiger partial charge in [0.1, 0.15) is 5.75 Å². The number of aryl methyl sites for hydroxylation is 1. The normalized spacial score (nSPS) is 11.8. The van der Waals surface area contributed by atoms with Crippen LogP contribution in [0.4, 0.5) is 4.79 Å². The van der Waals surface area contributed by atoms with E-state index < -0.39 is 6.10 Å². The fourth-order valence-electron chi connectivity index (χ4n) is 2.36. The molecule has 2 aromatic rings. The van der Waals surface area contributed by atoms with Crippen LogP contribution in [0.25, 0.3) is 0 Å². The summed E-state index contributed by atoms with van der Waals surface area (Å²) in [6, 6.07) is 14.1. The minimum atomic E-state index is -0.718. The summed E-state index contributed by atoms with van der Waals surface area (Å²) in [6.07, 6.45) is -0.718. The fraction of sp³-hybridized carbons (Fsp3) is 0.316. The maximum atomic E-state index is 12.3. The van der Waals surface area contributed by atoms with Crippen LogP contribution in [0.15, 0.2) is 48.5 Å². The minimum Gasteiger partial charge on any atom is -0.508 e. The minimum absolute atomic E-state index is 0.196. The molecule has 0 heterocycles. The standard InChI is InChI=1S/C19H24N2O3/c1-3-21(13-18(23)16-8-4-14(2)5-9-16)19(24)20-12-15-6-10-17(22)11-7-15/h4-11,18,22-23H,3,12-13H2,1-2H3,(H,20,24). The van der Waals surface area contributed by atoms with E-state index in [2.05, 4.69) is 5.32 Å². The Balaban J connectivity index is 1.90. The number of aliphatic hydroxyl groups excluding tert-OH is 1. The Morgan fingerprint density at radius 3 is 2.33 bits per heavy atom. The number of nitrogens with one attached hydrogen (secondary N) is 1. The van der Waals surface area contributed by atoms with Crippen molar-refractivity contribution in [2.45, 2.75) is 26.5 Å². The summed E-state index contributed by atoms with van der Waals surface area (Å²) in [7, 11) is 0. The van der Waals surface area contributed by atoms with Gasteiger partial charge in [-0.25, -0.2) is 4.79 Å². The Bertz CT molecular complexity index is 653. The van der Waals surface area contributed by atoms with Crippen molar-refractivity contribution in [2.24, 2.45) is 0 Å². The molecule has 0 bridgehead atoms. The molecule has 3 N–H and O–H groups in total. The van der Waals surface area contributed by atoms with E-state index in [0.29, 0.717) is 13.1 Å². The first-order chi connectivity index (χ1) is 11.5. The molecule has 1 atom stereocenters. The molecule has 5 nitrogen and oxygen atoms in total. The van der Waals surface area contributed by atoms with Gasteiger partial charge in [-0.15, -0.1) is 0 Å². The largest absolute Gasteiger partial charge is 0.508 e. The van der Waals surface area contributed by atoms with Gasteiger partial charge in [-0.3, -0.25) is 0 Å². The Hall–Kier alpha value is -2.53. The summed E-state index contributed by atoms with van der Waals surface area (Å²) in [5.41, 5.74) is 2.83. The van der Waals surface area contributed by atoms with Crippen molar-refractivity contribution in [3.63, 3.8) is 0 Å². The molecule has 0 aliphatic carbocycles. The lowest BCUT2D eigenvalue weighted by molar-refractivity contribution is 0.123. The molecule has 0 saturated carbocycles. The zero-order valence-corrected chi connectivity index (χ0v) is 14.1. The molecule has 2 rings (SSSR count). The van der Waals surface area contributed by atoms with Crippen molar-refractivity contribution in [2.75, 3.05) is 13.1 Å². The summed E-state index contributed by atoms with van der Waals surface area (Å²) < 4.78 is 0. The van der Waals surface area contributed by atoms with E-state index in [1.807, 2.05) is 38.1 Å². The summed E-state index contributed by atoms with van der Waals surface area (Å²) in [4.78, 5) is 13.9. The molecule has 0 aromatic heterocycles. The highest BCUT2D eigenvalue weighted by Gasteiger charge is 2.17. The molecule has 1 unspecified atom stereocenters. The van der Waals surface area contributed by atoms with E-state index in [1.54, 1.807) is 29.2 Å². The van der Waals surface area contributed by atoms with E-state index in [4.69, 9.17) is 0 Å². The Morgan fingerprint density at radius 1 is 1.12 bits per heavy atom. The second-order valence-electron chi connectivity index (χ2n) is 5.79. The number of aromatic hydroxyl groups is 1. The Morgan fingerprint density at radius 2 is 1.75 bits per heavy atom. The third-order valence-electron chi connectivity index (χ3n) is 3.90. The van der Waals surface area contributed by atoms with Crippen LogP contribution in [-0.2, 0) is 6.54 Å². The van der Waals surface area contributed by atoms with Crippen molar-refractivity contribution in [3.8, 4) is 5.75 Å². The number of nitrogens with zero attached hydrogens (tertiary/aromatic N) is 1. The van der Waals surface area contributed by atoms with Gasteiger partial charge in [0.2, 0.25) is 0 Å². The van der Waals surface area contributed by atoms with Crippen LogP contribution in [0.3, 0.4) is 0 Å². The van der Waals surface area contributed by atoms with Crippen LogP contribution in [0.1, 0.15) is 29.7 Å². The number of rotatable bonds is 6. The van der Waals surface area contributed by atoms with Crippen molar-refractivity contribution in [3.05, 3.63) is 65.2 Å². The molecule has 0 aliphatic rings. The third-order valence-corrected chi connectivity index (χ3v) is 3.90. The fourth-order valence-corrected chi connectivity index (χ4v) is 2.36. The van der Waals surface area contributed by atoms with E-state index in [9.17, 15) is 15.0 Å². The highest BCUT2D eigenvalue weighted by atomic mass is 16.3. The van der Waals surface area contributed by atoms with E-state index in [1.165, 1.54) is 0 Å². The topological polar surface area (TPSA) is 72.8 Å². The monoisotopic (exact) mass is 328 g/mol. The van der Waals surface area contributed by atoms with E-state index in [0.717, 1.165) is 16.7 Å². The third kappa shape index (κ3) is 4.99. The molecular formula is C19H24N2O3. The molecule has 2 amide bonds. The second kappa shape index (κ2) is 8.36. The number of amides is 2. The molecule has 24 heavy (non-hydrogen) atoms. The molecule has 0 fully saturated rings. The molecule has 2 aromatic carbocycles. The smallest absolute Gasteiger partial charge is 0.317 e. The van der Waals surface area contributed by atoms with Crippen molar-refractivity contribution in [1.82, 2.24) is 10.2 Å². The summed E-state index contributed by atoms with van der Waals surface area (Å²) in [6.45, 7) is 4.98. The van der Waals surface area contributed by atoms with Gasteiger partial charge >= 0.3 is 6.03 Å². The van der Waals surface area contributed by atoms with Crippen molar-refractivity contribution < 1.29 is 15.0 Å². The second-order valence-corrected chi connectivity index (χ2v) is 5.79. The Labute approximate surface area is 142 Å². The number of hydrogen-bond donors (Lipinski definition) is 3. The number of aliphatic hydroxyl groups is 1. The highest BCUT2D eigenvalue weighted by Crippen LogP contribution is 2.15. The first-order valence-corrected chi connectivity index (χ1v) is 8.05. The van der Waals surface area contributed by atoms with Gasteiger partial charge in [0.25, 0.3) is 0 Å². The molecule has 5 heteroatoms. The van der Waals surface area contributed by atoms with Crippen molar-refractivity contribution >= 4 is 6.03 Å². The molecule has 0 radical (unpaired) electrons. The molecular weight excluding hydrogens is 304 g/mol. The van der Waals surface area contributed by atoms with Crippen LogP contribution in [0, 0.1) is 6.92 Å². The van der Waals surface area contributed by atoms with Gasteiger partial charge in [0, 0.05) is 13.1 Å². The number of carbonyl (C=O) groups is 1. The van der Waals surface area contributed by atoms with Crippen LogP contribution in [0.5, 0.6) is 5.75 Å². The first-order valence-electron chi connectivity index (χ1n) is 8.05. The maximum Gasteiger partial charge on any atom is 0.317 e. The Kier molecular flexibility index (Phi) is 6.21. The number of phenols is 1. The quantitative estimate of drug-likeness (QED) is 0.763. The average Bonchev–Trinajstić information content (AvgIpc) is 2.59. The van der Waals surface area contributed by atoms with Crippen LogP contribution >= 0.6 is 0 Å². The number of urea groups is 1. The lowest BCUT2D eigenvalue weighted by atomic mass is 10.1. The number of carbonyl (C=O) groups excluding carboxylic acids is 1. The van der Waals surface area contributed by atoms with Gasteiger partial charge in [-0.1, -0.05) is 42.0 Å². The molecule has 0 aliphatic heterocycles. The first kappa shape index (κ1) is 17.8. The predicted octanol–water partition coefficient (Wildman–Crippen LogP) is 2.97. The number of benzene rings is 2. The summed E-state index contributed by atoms with van der Waals surface area (Å²) >= 11 is 0. The lowest BCUT2D eigenvalue weighted by Crippen LogP contribution is -2.41. The number of likely N-dealkylation sites (N-methyl/N-ethyl adjacent to an activating group) is 1. The highest BCUT2D eigenvalue weighted by molar-refractivity contribution is 5.74. The summed E-state index contributed by atoms with van der Waals surface area (Å²) in [5.74, 6) is 0.196. The molecule has 128 valence electrons. The zero-order chi connectivity index (χ0) is 17.5. The van der Waals surface area contributed by atoms with Gasteiger partial charge in [-0.2, -0.15) is 0 Å². The van der Waals surface area contributed by atoms with Crippen molar-refractivity contribution in [1.29, 1.82) is 0 Å². The lowest BCUT2D eigenvalue weighted by Gasteiger charge is -2.24. The summed E-state index contributed by atoms with van der Waals surface area (Å²) in [5, 5.41) is 22.4.